The zero-order valence-electron chi connectivity index (χ0n) is 14.6. The highest BCUT2D eigenvalue weighted by Gasteiger charge is 2.21. The number of hydrogen-bond donors (Lipinski definition) is 1. The first-order valence-electron chi connectivity index (χ1n) is 8.18. The molecule has 1 aromatic heterocycles. The topological polar surface area (TPSA) is 53.2 Å². The van der Waals surface area contributed by atoms with Gasteiger partial charge in [-0.2, -0.15) is 0 Å². The molecule has 0 saturated carbocycles. The lowest BCUT2D eigenvalue weighted by Crippen LogP contribution is -2.16. The molecular weight excluding hydrogens is 391 g/mol. The SMILES string of the molecule is CN(C)CCc1c(CS(=O)(=O)c2ccc(Cl)cc2)[nH]c2ccc(Cl)cc12. The second-order valence-corrected chi connectivity index (χ2v) is 9.40. The Balaban J connectivity index is 2.03. The summed E-state index contributed by atoms with van der Waals surface area (Å²) in [4.78, 5) is 5.60. The van der Waals surface area contributed by atoms with Crippen molar-refractivity contribution in [3.8, 4) is 0 Å². The molecule has 3 aromatic rings. The van der Waals surface area contributed by atoms with Crippen molar-refractivity contribution >= 4 is 43.9 Å². The Labute approximate surface area is 163 Å². The molecule has 0 spiro atoms. The first kappa shape index (κ1) is 19.2. The largest absolute Gasteiger partial charge is 0.357 e. The molecule has 138 valence electrons. The van der Waals surface area contributed by atoms with Crippen molar-refractivity contribution in [2.45, 2.75) is 17.1 Å². The van der Waals surface area contributed by atoms with Crippen LogP contribution < -0.4 is 0 Å². The normalized spacial score (nSPS) is 12.2. The third-order valence-electron chi connectivity index (χ3n) is 4.27. The lowest BCUT2D eigenvalue weighted by molar-refractivity contribution is 0.414. The highest BCUT2D eigenvalue weighted by molar-refractivity contribution is 7.90. The smallest absolute Gasteiger partial charge is 0.183 e. The molecule has 1 heterocycles. The van der Waals surface area contributed by atoms with Gasteiger partial charge in [0.1, 0.15) is 0 Å². The predicted molar refractivity (Wildman–Crippen MR) is 108 cm³/mol. The third kappa shape index (κ3) is 4.23. The van der Waals surface area contributed by atoms with Gasteiger partial charge in [0.2, 0.25) is 0 Å². The highest BCUT2D eigenvalue weighted by atomic mass is 35.5. The zero-order valence-corrected chi connectivity index (χ0v) is 16.9. The van der Waals surface area contributed by atoms with Gasteiger partial charge in [-0.3, -0.25) is 0 Å². The first-order valence-corrected chi connectivity index (χ1v) is 10.6. The van der Waals surface area contributed by atoms with Crippen LogP contribution in [-0.2, 0) is 22.0 Å². The molecular formula is C19H20Cl2N2O2S. The van der Waals surface area contributed by atoms with Crippen molar-refractivity contribution in [3.63, 3.8) is 0 Å². The lowest BCUT2D eigenvalue weighted by atomic mass is 10.1. The number of H-pyrrole nitrogens is 1. The van der Waals surface area contributed by atoms with Crippen LogP contribution in [0, 0.1) is 0 Å². The fraction of sp³-hybridized carbons (Fsp3) is 0.263. The highest BCUT2D eigenvalue weighted by Crippen LogP contribution is 2.29. The van der Waals surface area contributed by atoms with E-state index in [0.29, 0.717) is 15.7 Å². The van der Waals surface area contributed by atoms with E-state index in [-0.39, 0.29) is 10.6 Å². The second-order valence-electron chi connectivity index (χ2n) is 6.54. The van der Waals surface area contributed by atoms with E-state index in [4.69, 9.17) is 23.2 Å². The third-order valence-corrected chi connectivity index (χ3v) is 6.42. The van der Waals surface area contributed by atoms with Gasteiger partial charge >= 0.3 is 0 Å². The molecule has 0 saturated heterocycles. The number of rotatable bonds is 6. The number of nitrogens with one attached hydrogen (secondary N) is 1. The lowest BCUT2D eigenvalue weighted by Gasteiger charge is -2.11. The molecule has 1 N–H and O–H groups in total. The molecule has 0 aliphatic carbocycles. The summed E-state index contributed by atoms with van der Waals surface area (Å²) in [6.45, 7) is 0.813. The first-order chi connectivity index (χ1) is 12.3. The molecule has 3 rings (SSSR count). The van der Waals surface area contributed by atoms with E-state index in [1.807, 2.05) is 26.2 Å². The van der Waals surface area contributed by atoms with Gasteiger partial charge in [0, 0.05) is 33.2 Å². The van der Waals surface area contributed by atoms with Gasteiger partial charge in [0.05, 0.1) is 10.6 Å². The summed E-state index contributed by atoms with van der Waals surface area (Å²) in [7, 11) is 0.499. The fourth-order valence-electron chi connectivity index (χ4n) is 2.94. The molecule has 0 unspecified atom stereocenters. The fourth-order valence-corrected chi connectivity index (χ4v) is 4.58. The van der Waals surface area contributed by atoms with Crippen molar-refractivity contribution in [2.24, 2.45) is 0 Å². The minimum atomic E-state index is -3.49. The van der Waals surface area contributed by atoms with Crippen molar-refractivity contribution in [1.82, 2.24) is 9.88 Å². The van der Waals surface area contributed by atoms with E-state index < -0.39 is 9.84 Å². The number of hydrogen-bond acceptors (Lipinski definition) is 3. The maximum atomic E-state index is 12.8. The standard InChI is InChI=1S/C19H20Cl2N2O2S/c1-23(2)10-9-16-17-11-14(21)5-8-18(17)22-19(16)12-26(24,25)15-6-3-13(20)4-7-15/h3-8,11,22H,9-10,12H2,1-2H3. The van der Waals surface area contributed by atoms with Gasteiger partial charge in [-0.05, 0) is 68.5 Å². The molecule has 0 fully saturated rings. The van der Waals surface area contributed by atoms with Gasteiger partial charge in [0.25, 0.3) is 0 Å². The molecule has 0 aliphatic rings. The van der Waals surface area contributed by atoms with Crippen LogP contribution in [0.1, 0.15) is 11.3 Å². The van der Waals surface area contributed by atoms with Crippen LogP contribution in [0.25, 0.3) is 10.9 Å². The summed E-state index contributed by atoms with van der Waals surface area (Å²) in [6.07, 6.45) is 0.735. The summed E-state index contributed by atoms with van der Waals surface area (Å²) in [5, 5.41) is 2.12. The van der Waals surface area contributed by atoms with Crippen LogP contribution in [0.4, 0.5) is 0 Å². The quantitative estimate of drug-likeness (QED) is 0.648. The van der Waals surface area contributed by atoms with E-state index in [0.717, 1.165) is 29.4 Å². The van der Waals surface area contributed by atoms with Crippen LogP contribution in [0.5, 0.6) is 0 Å². The number of halogens is 2. The average Bonchev–Trinajstić information content (AvgIpc) is 2.89. The Kier molecular flexibility index (Phi) is 5.63. The number of aromatic nitrogens is 1. The number of likely N-dealkylation sites (N-methyl/N-ethyl adjacent to an activating group) is 1. The minimum absolute atomic E-state index is 0.0936. The van der Waals surface area contributed by atoms with Crippen LogP contribution in [0.15, 0.2) is 47.4 Å². The minimum Gasteiger partial charge on any atom is -0.357 e. The Morgan fingerprint density at radius 2 is 1.65 bits per heavy atom. The summed E-state index contributed by atoms with van der Waals surface area (Å²) >= 11 is 12.0. The van der Waals surface area contributed by atoms with Crippen LogP contribution in [-0.4, -0.2) is 38.9 Å². The Morgan fingerprint density at radius 1 is 1.00 bits per heavy atom. The zero-order chi connectivity index (χ0) is 18.9. The predicted octanol–water partition coefficient (Wildman–Crippen LogP) is 4.55. The summed E-state index contributed by atoms with van der Waals surface area (Å²) in [5.74, 6) is -0.0936. The van der Waals surface area contributed by atoms with Gasteiger partial charge < -0.3 is 9.88 Å². The molecule has 4 nitrogen and oxygen atoms in total. The van der Waals surface area contributed by atoms with Crippen LogP contribution in [0.3, 0.4) is 0 Å². The van der Waals surface area contributed by atoms with Crippen molar-refractivity contribution in [2.75, 3.05) is 20.6 Å². The van der Waals surface area contributed by atoms with Crippen molar-refractivity contribution < 1.29 is 8.42 Å². The Bertz CT molecular complexity index is 1030. The average molecular weight is 411 g/mol. The molecule has 0 amide bonds. The molecule has 7 heteroatoms. The molecule has 26 heavy (non-hydrogen) atoms. The molecule has 0 aliphatic heterocycles. The number of nitrogens with zero attached hydrogens (tertiary/aromatic N) is 1. The maximum absolute atomic E-state index is 12.8. The van der Waals surface area contributed by atoms with Gasteiger partial charge in [-0.1, -0.05) is 23.2 Å². The Morgan fingerprint density at radius 3 is 2.31 bits per heavy atom. The van der Waals surface area contributed by atoms with Crippen LogP contribution in [0.2, 0.25) is 10.0 Å². The molecule has 0 radical (unpaired) electrons. The molecule has 0 bridgehead atoms. The summed E-state index contributed by atoms with van der Waals surface area (Å²) < 4.78 is 25.7. The maximum Gasteiger partial charge on any atom is 0.183 e. The van der Waals surface area contributed by atoms with Gasteiger partial charge in [-0.25, -0.2) is 8.42 Å². The van der Waals surface area contributed by atoms with Crippen molar-refractivity contribution in [3.05, 3.63) is 63.8 Å². The number of benzene rings is 2. The van der Waals surface area contributed by atoms with E-state index in [1.54, 1.807) is 18.2 Å². The number of fused-ring (bicyclic) bond motifs is 1. The molecule has 0 atom stereocenters. The summed E-state index contributed by atoms with van der Waals surface area (Å²) in [6, 6.07) is 11.8. The number of aromatic amines is 1. The summed E-state index contributed by atoms with van der Waals surface area (Å²) in [5.41, 5.74) is 2.59. The Hall–Kier alpha value is -1.53. The van der Waals surface area contributed by atoms with E-state index in [1.165, 1.54) is 12.1 Å². The van der Waals surface area contributed by atoms with Crippen molar-refractivity contribution in [1.29, 1.82) is 0 Å². The van der Waals surface area contributed by atoms with E-state index in [9.17, 15) is 8.42 Å². The van der Waals surface area contributed by atoms with E-state index >= 15 is 0 Å². The molecule has 2 aromatic carbocycles. The van der Waals surface area contributed by atoms with Gasteiger partial charge in [-0.15, -0.1) is 0 Å². The monoisotopic (exact) mass is 410 g/mol. The number of sulfone groups is 1. The van der Waals surface area contributed by atoms with Gasteiger partial charge in [0.15, 0.2) is 9.84 Å². The van der Waals surface area contributed by atoms with E-state index in [2.05, 4.69) is 9.88 Å². The van der Waals surface area contributed by atoms with Crippen LogP contribution >= 0.6 is 23.2 Å². The second kappa shape index (κ2) is 7.61.